The lowest BCUT2D eigenvalue weighted by molar-refractivity contribution is -0.385. The number of nitro benzene ring substituents is 1. The van der Waals surface area contributed by atoms with Crippen LogP contribution in [-0.2, 0) is 4.79 Å². The summed E-state index contributed by atoms with van der Waals surface area (Å²) in [4.78, 5) is 20.5. The topological polar surface area (TPSA) is 60.2 Å². The second-order valence-electron chi connectivity index (χ2n) is 2.90. The number of rotatable bonds is 3. The molecule has 0 aliphatic carbocycles. The highest BCUT2D eigenvalue weighted by atomic mass is 19.1. The van der Waals surface area contributed by atoms with Gasteiger partial charge in [0, 0.05) is 6.07 Å². The maximum absolute atomic E-state index is 12.8. The van der Waals surface area contributed by atoms with Gasteiger partial charge in [0.1, 0.15) is 5.82 Å². The van der Waals surface area contributed by atoms with E-state index >= 15 is 0 Å². The summed E-state index contributed by atoms with van der Waals surface area (Å²) in [5.74, 6) is -0.836. The molecule has 1 aromatic carbocycles. The third kappa shape index (κ3) is 2.98. The quantitative estimate of drug-likeness (QED) is 0.436. The molecule has 0 unspecified atom stereocenters. The molecular formula is C10H8FNO3. The monoisotopic (exact) mass is 209 g/mol. The zero-order valence-corrected chi connectivity index (χ0v) is 7.94. The fourth-order valence-electron chi connectivity index (χ4n) is 1.03. The molecule has 0 heterocycles. The molecular weight excluding hydrogens is 201 g/mol. The Morgan fingerprint density at radius 3 is 2.73 bits per heavy atom. The summed E-state index contributed by atoms with van der Waals surface area (Å²) in [7, 11) is 0. The first-order valence-corrected chi connectivity index (χ1v) is 4.13. The predicted octanol–water partition coefficient (Wildman–Crippen LogP) is 2.34. The molecule has 0 aliphatic rings. The Morgan fingerprint density at radius 1 is 1.53 bits per heavy atom. The van der Waals surface area contributed by atoms with E-state index in [1.54, 1.807) is 0 Å². The largest absolute Gasteiger partial charge is 0.295 e. The molecule has 0 N–H and O–H groups in total. The predicted molar refractivity (Wildman–Crippen MR) is 52.8 cm³/mol. The van der Waals surface area contributed by atoms with Gasteiger partial charge < -0.3 is 0 Å². The van der Waals surface area contributed by atoms with E-state index in [1.165, 1.54) is 13.0 Å². The van der Waals surface area contributed by atoms with Gasteiger partial charge in [-0.3, -0.25) is 14.9 Å². The summed E-state index contributed by atoms with van der Waals surface area (Å²) >= 11 is 0. The number of carbonyl (C=O) groups is 1. The van der Waals surface area contributed by atoms with E-state index in [-0.39, 0.29) is 17.0 Å². The van der Waals surface area contributed by atoms with Gasteiger partial charge in [-0.05, 0) is 31.2 Å². The van der Waals surface area contributed by atoms with Crippen LogP contribution in [0.4, 0.5) is 10.1 Å². The Kier molecular flexibility index (Phi) is 3.28. The smallest absolute Gasteiger partial charge is 0.276 e. The van der Waals surface area contributed by atoms with Crippen LogP contribution in [0.25, 0.3) is 6.08 Å². The number of allylic oxidation sites excluding steroid dienone is 1. The fourth-order valence-corrected chi connectivity index (χ4v) is 1.03. The lowest BCUT2D eigenvalue weighted by Gasteiger charge is -1.96. The summed E-state index contributed by atoms with van der Waals surface area (Å²) < 4.78 is 12.8. The Balaban J connectivity index is 3.18. The highest BCUT2D eigenvalue weighted by molar-refractivity contribution is 5.92. The maximum atomic E-state index is 12.8. The van der Waals surface area contributed by atoms with E-state index in [9.17, 15) is 19.3 Å². The molecule has 1 aromatic rings. The SMILES string of the molecule is CC(=O)/C=C/c1cc(F)ccc1[N+](=O)[O-]. The van der Waals surface area contributed by atoms with Crippen LogP contribution in [0.1, 0.15) is 12.5 Å². The van der Waals surface area contributed by atoms with Crippen molar-refractivity contribution in [3.63, 3.8) is 0 Å². The van der Waals surface area contributed by atoms with Crippen LogP contribution in [0.2, 0.25) is 0 Å². The summed E-state index contributed by atoms with van der Waals surface area (Å²) in [6.45, 7) is 1.31. The molecule has 1 rings (SSSR count). The minimum atomic E-state index is -0.626. The first-order valence-electron chi connectivity index (χ1n) is 4.13. The van der Waals surface area contributed by atoms with Gasteiger partial charge in [0.15, 0.2) is 5.78 Å². The third-order valence-corrected chi connectivity index (χ3v) is 1.68. The van der Waals surface area contributed by atoms with Gasteiger partial charge in [-0.15, -0.1) is 0 Å². The van der Waals surface area contributed by atoms with Crippen molar-refractivity contribution in [1.29, 1.82) is 0 Å². The van der Waals surface area contributed by atoms with Crippen molar-refractivity contribution in [2.24, 2.45) is 0 Å². The Morgan fingerprint density at radius 2 is 2.20 bits per heavy atom. The lowest BCUT2D eigenvalue weighted by Crippen LogP contribution is -1.92. The Hall–Kier alpha value is -2.04. The first-order chi connectivity index (χ1) is 7.00. The molecule has 0 aromatic heterocycles. The van der Waals surface area contributed by atoms with Crippen LogP contribution in [0.5, 0.6) is 0 Å². The van der Waals surface area contributed by atoms with E-state index in [0.29, 0.717) is 0 Å². The second kappa shape index (κ2) is 4.45. The number of hydrogen-bond donors (Lipinski definition) is 0. The number of carbonyl (C=O) groups excluding carboxylic acids is 1. The molecule has 4 nitrogen and oxygen atoms in total. The van der Waals surface area contributed by atoms with Gasteiger partial charge >= 0.3 is 0 Å². The Labute approximate surface area is 85.2 Å². The summed E-state index contributed by atoms with van der Waals surface area (Å²) in [6, 6.07) is 3.08. The number of nitrogens with zero attached hydrogens (tertiary/aromatic N) is 1. The molecule has 0 saturated carbocycles. The Bertz CT molecular complexity index is 440. The zero-order chi connectivity index (χ0) is 11.4. The van der Waals surface area contributed by atoms with Crippen LogP contribution in [0.3, 0.4) is 0 Å². The lowest BCUT2D eigenvalue weighted by atomic mass is 10.1. The molecule has 0 fully saturated rings. The maximum Gasteiger partial charge on any atom is 0.276 e. The van der Waals surface area contributed by atoms with Crippen molar-refractivity contribution in [2.45, 2.75) is 6.92 Å². The minimum absolute atomic E-state index is 0.0789. The van der Waals surface area contributed by atoms with Crippen LogP contribution < -0.4 is 0 Å². The highest BCUT2D eigenvalue weighted by Gasteiger charge is 2.11. The molecule has 0 atom stereocenters. The minimum Gasteiger partial charge on any atom is -0.295 e. The van der Waals surface area contributed by atoms with E-state index in [2.05, 4.69) is 0 Å². The normalized spacial score (nSPS) is 10.5. The van der Waals surface area contributed by atoms with E-state index in [0.717, 1.165) is 24.3 Å². The molecule has 5 heteroatoms. The standard InChI is InChI=1S/C10H8FNO3/c1-7(13)2-3-8-6-9(11)4-5-10(8)12(14)15/h2-6H,1H3/b3-2+. The van der Waals surface area contributed by atoms with Gasteiger partial charge in [-0.1, -0.05) is 0 Å². The van der Waals surface area contributed by atoms with Crippen molar-refractivity contribution in [2.75, 3.05) is 0 Å². The molecule has 0 amide bonds. The van der Waals surface area contributed by atoms with Crippen molar-refractivity contribution in [1.82, 2.24) is 0 Å². The average molecular weight is 209 g/mol. The van der Waals surface area contributed by atoms with Crippen LogP contribution in [-0.4, -0.2) is 10.7 Å². The summed E-state index contributed by atoms with van der Waals surface area (Å²) in [6.07, 6.45) is 2.38. The number of benzene rings is 1. The number of nitro groups is 1. The van der Waals surface area contributed by atoms with Crippen molar-refractivity contribution < 1.29 is 14.1 Å². The van der Waals surface area contributed by atoms with Gasteiger partial charge in [-0.25, -0.2) is 4.39 Å². The molecule has 0 radical (unpaired) electrons. The third-order valence-electron chi connectivity index (χ3n) is 1.68. The average Bonchev–Trinajstić information content (AvgIpc) is 2.14. The summed E-state index contributed by atoms with van der Waals surface area (Å²) in [5, 5.41) is 10.5. The van der Waals surface area contributed by atoms with Gasteiger partial charge in [0.2, 0.25) is 0 Å². The van der Waals surface area contributed by atoms with Gasteiger partial charge in [0.25, 0.3) is 5.69 Å². The molecule has 0 spiro atoms. The van der Waals surface area contributed by atoms with Gasteiger partial charge in [-0.2, -0.15) is 0 Å². The van der Waals surface area contributed by atoms with Crippen LogP contribution in [0.15, 0.2) is 24.3 Å². The molecule has 0 saturated heterocycles. The molecule has 0 aliphatic heterocycles. The van der Waals surface area contributed by atoms with Crippen molar-refractivity contribution in [3.05, 3.63) is 45.8 Å². The van der Waals surface area contributed by atoms with Crippen molar-refractivity contribution >= 4 is 17.5 Å². The van der Waals surface area contributed by atoms with Crippen LogP contribution in [0, 0.1) is 15.9 Å². The number of hydrogen-bond acceptors (Lipinski definition) is 3. The van der Waals surface area contributed by atoms with Crippen LogP contribution >= 0.6 is 0 Å². The zero-order valence-electron chi connectivity index (χ0n) is 7.94. The van der Waals surface area contributed by atoms with E-state index < -0.39 is 10.7 Å². The van der Waals surface area contributed by atoms with E-state index in [4.69, 9.17) is 0 Å². The van der Waals surface area contributed by atoms with Gasteiger partial charge in [0.05, 0.1) is 10.5 Å². The molecule has 15 heavy (non-hydrogen) atoms. The number of halogens is 1. The van der Waals surface area contributed by atoms with Crippen molar-refractivity contribution in [3.8, 4) is 0 Å². The number of ketones is 1. The first kappa shape index (κ1) is 11.0. The highest BCUT2D eigenvalue weighted by Crippen LogP contribution is 2.20. The van der Waals surface area contributed by atoms with E-state index in [1.807, 2.05) is 0 Å². The molecule has 0 bridgehead atoms. The summed E-state index contributed by atoms with van der Waals surface area (Å²) in [5.41, 5.74) is -0.149. The fraction of sp³-hybridized carbons (Fsp3) is 0.100. The molecule has 78 valence electrons. The second-order valence-corrected chi connectivity index (χ2v) is 2.90.